The number of benzene rings is 2. The summed E-state index contributed by atoms with van der Waals surface area (Å²) >= 11 is 0. The molecule has 0 unspecified atom stereocenters. The first-order valence-corrected chi connectivity index (χ1v) is 5.68. The Balaban J connectivity index is 2.08. The zero-order chi connectivity index (χ0) is 12.8. The van der Waals surface area contributed by atoms with Crippen LogP contribution in [-0.2, 0) is 0 Å². The molecule has 0 saturated heterocycles. The van der Waals surface area contributed by atoms with Crippen molar-refractivity contribution < 1.29 is 10.2 Å². The second-order valence-corrected chi connectivity index (χ2v) is 3.84. The molecule has 0 fully saturated rings. The summed E-state index contributed by atoms with van der Waals surface area (Å²) in [5, 5.41) is 19.1. The van der Waals surface area contributed by atoms with Crippen LogP contribution in [0.1, 0.15) is 11.1 Å². The number of allylic oxidation sites excluding steroid dienone is 2. The molecule has 0 amide bonds. The molecule has 0 bridgehead atoms. The van der Waals surface area contributed by atoms with Crippen molar-refractivity contribution in [2.24, 2.45) is 0 Å². The van der Waals surface area contributed by atoms with Crippen molar-refractivity contribution >= 4 is 12.2 Å². The summed E-state index contributed by atoms with van der Waals surface area (Å²) < 4.78 is 0. The van der Waals surface area contributed by atoms with Gasteiger partial charge in [0.05, 0.1) is 0 Å². The highest BCUT2D eigenvalue weighted by Gasteiger charge is 1.93. The lowest BCUT2D eigenvalue weighted by atomic mass is 10.1. The molecule has 2 aromatic carbocycles. The van der Waals surface area contributed by atoms with Gasteiger partial charge >= 0.3 is 0 Å². The molecule has 2 nitrogen and oxygen atoms in total. The van der Waals surface area contributed by atoms with Crippen LogP contribution < -0.4 is 0 Å². The van der Waals surface area contributed by atoms with Crippen molar-refractivity contribution in [1.29, 1.82) is 0 Å². The predicted octanol–water partition coefficient (Wildman–Crippen LogP) is 3.82. The first kappa shape index (κ1) is 12.0. The number of hydrogen-bond donors (Lipinski definition) is 2. The van der Waals surface area contributed by atoms with Gasteiger partial charge in [0.2, 0.25) is 0 Å². The highest BCUT2D eigenvalue weighted by Crippen LogP contribution is 2.18. The van der Waals surface area contributed by atoms with Gasteiger partial charge in [0.1, 0.15) is 11.5 Å². The summed E-state index contributed by atoms with van der Waals surface area (Å²) in [5.41, 5.74) is 1.53. The summed E-state index contributed by atoms with van der Waals surface area (Å²) in [7, 11) is 0. The normalized spacial score (nSPS) is 11.3. The molecule has 0 spiro atoms. The van der Waals surface area contributed by atoms with Crippen LogP contribution in [0.25, 0.3) is 12.2 Å². The third-order valence-electron chi connectivity index (χ3n) is 2.54. The van der Waals surface area contributed by atoms with Crippen LogP contribution in [0, 0.1) is 0 Å². The Labute approximate surface area is 106 Å². The minimum absolute atomic E-state index is 0.254. The van der Waals surface area contributed by atoms with Gasteiger partial charge in [0.15, 0.2) is 0 Å². The molecule has 0 aliphatic carbocycles. The highest BCUT2D eigenvalue weighted by molar-refractivity contribution is 5.62. The van der Waals surface area contributed by atoms with E-state index in [4.69, 9.17) is 0 Å². The van der Waals surface area contributed by atoms with E-state index in [0.29, 0.717) is 0 Å². The van der Waals surface area contributed by atoms with Gasteiger partial charge in [0, 0.05) is 11.1 Å². The number of hydrogen-bond acceptors (Lipinski definition) is 2. The van der Waals surface area contributed by atoms with Crippen LogP contribution in [0.5, 0.6) is 11.5 Å². The molecule has 2 aromatic rings. The number of aromatic hydroxyl groups is 2. The molecule has 0 atom stereocenters. The summed E-state index contributed by atoms with van der Waals surface area (Å²) in [6.07, 6.45) is 7.26. The molecule has 0 saturated carbocycles. The van der Waals surface area contributed by atoms with Gasteiger partial charge in [-0.25, -0.2) is 0 Å². The van der Waals surface area contributed by atoms with Crippen molar-refractivity contribution in [3.8, 4) is 11.5 Å². The Hall–Kier alpha value is -2.48. The van der Waals surface area contributed by atoms with E-state index in [9.17, 15) is 10.2 Å². The second-order valence-electron chi connectivity index (χ2n) is 3.84. The number of para-hydroxylation sites is 2. The molecule has 0 aliphatic heterocycles. The molecule has 0 radical (unpaired) electrons. The topological polar surface area (TPSA) is 40.5 Å². The van der Waals surface area contributed by atoms with E-state index in [0.717, 1.165) is 11.1 Å². The predicted molar refractivity (Wildman–Crippen MR) is 74.3 cm³/mol. The number of phenolic OH excluding ortho intramolecular Hbond substituents is 2. The van der Waals surface area contributed by atoms with Crippen LogP contribution >= 0.6 is 0 Å². The van der Waals surface area contributed by atoms with Gasteiger partial charge in [-0.3, -0.25) is 0 Å². The first-order chi connectivity index (χ1) is 8.77. The molecule has 0 aliphatic rings. The van der Waals surface area contributed by atoms with Crippen molar-refractivity contribution in [2.45, 2.75) is 0 Å². The molecule has 90 valence electrons. The van der Waals surface area contributed by atoms with Crippen LogP contribution in [0.3, 0.4) is 0 Å². The zero-order valence-electron chi connectivity index (χ0n) is 9.82. The fourth-order valence-electron chi connectivity index (χ4n) is 1.58. The average Bonchev–Trinajstić information content (AvgIpc) is 2.38. The van der Waals surface area contributed by atoms with E-state index in [1.54, 1.807) is 24.3 Å². The van der Waals surface area contributed by atoms with Crippen molar-refractivity contribution in [3.05, 3.63) is 71.8 Å². The minimum Gasteiger partial charge on any atom is -0.507 e. The molecular formula is C16H14O2. The van der Waals surface area contributed by atoms with Gasteiger partial charge in [-0.2, -0.15) is 0 Å². The quantitative estimate of drug-likeness (QED) is 0.798. The molecule has 18 heavy (non-hydrogen) atoms. The largest absolute Gasteiger partial charge is 0.507 e. The Morgan fingerprint density at radius 2 is 1.00 bits per heavy atom. The maximum Gasteiger partial charge on any atom is 0.122 e. The second kappa shape index (κ2) is 5.73. The molecule has 2 heteroatoms. The molecule has 0 heterocycles. The molecule has 2 N–H and O–H groups in total. The first-order valence-electron chi connectivity index (χ1n) is 5.68. The molecule has 2 rings (SSSR count). The molecule has 0 aromatic heterocycles. The third kappa shape index (κ3) is 3.01. The van der Waals surface area contributed by atoms with Gasteiger partial charge < -0.3 is 10.2 Å². The Kier molecular flexibility index (Phi) is 3.82. The Morgan fingerprint density at radius 1 is 0.611 bits per heavy atom. The summed E-state index contributed by atoms with van der Waals surface area (Å²) in [6.45, 7) is 0. The monoisotopic (exact) mass is 238 g/mol. The summed E-state index contributed by atoms with van der Waals surface area (Å²) in [5.74, 6) is 0.509. The summed E-state index contributed by atoms with van der Waals surface area (Å²) in [6, 6.07) is 14.3. The Morgan fingerprint density at radius 3 is 1.39 bits per heavy atom. The zero-order valence-corrected chi connectivity index (χ0v) is 9.82. The van der Waals surface area contributed by atoms with E-state index >= 15 is 0 Å². The van der Waals surface area contributed by atoms with Crippen molar-refractivity contribution in [2.75, 3.05) is 0 Å². The van der Waals surface area contributed by atoms with Crippen LogP contribution in [-0.4, -0.2) is 10.2 Å². The SMILES string of the molecule is Oc1ccccc1C=CC=Cc1ccccc1O. The van der Waals surface area contributed by atoms with Crippen LogP contribution in [0.2, 0.25) is 0 Å². The lowest BCUT2D eigenvalue weighted by molar-refractivity contribution is 0.473. The van der Waals surface area contributed by atoms with Crippen LogP contribution in [0.15, 0.2) is 60.7 Å². The van der Waals surface area contributed by atoms with Crippen molar-refractivity contribution in [3.63, 3.8) is 0 Å². The average molecular weight is 238 g/mol. The third-order valence-corrected chi connectivity index (χ3v) is 2.54. The fourth-order valence-corrected chi connectivity index (χ4v) is 1.58. The smallest absolute Gasteiger partial charge is 0.122 e. The number of phenols is 2. The van der Waals surface area contributed by atoms with Crippen molar-refractivity contribution in [1.82, 2.24) is 0 Å². The maximum absolute atomic E-state index is 9.56. The van der Waals surface area contributed by atoms with E-state index in [1.807, 2.05) is 48.6 Å². The van der Waals surface area contributed by atoms with E-state index in [1.165, 1.54) is 0 Å². The van der Waals surface area contributed by atoms with Gasteiger partial charge in [-0.1, -0.05) is 60.7 Å². The lowest BCUT2D eigenvalue weighted by Gasteiger charge is -1.97. The van der Waals surface area contributed by atoms with Gasteiger partial charge in [0.25, 0.3) is 0 Å². The Bertz CT molecular complexity index is 530. The van der Waals surface area contributed by atoms with Crippen LogP contribution in [0.4, 0.5) is 0 Å². The van der Waals surface area contributed by atoms with Gasteiger partial charge in [-0.05, 0) is 12.1 Å². The van der Waals surface area contributed by atoms with E-state index in [2.05, 4.69) is 0 Å². The van der Waals surface area contributed by atoms with E-state index in [-0.39, 0.29) is 11.5 Å². The standard InChI is InChI=1S/C16H14O2/c17-15-11-5-3-9-13(15)7-1-2-8-14-10-4-6-12-16(14)18/h1-12,17-18H. The molecular weight excluding hydrogens is 224 g/mol. The highest BCUT2D eigenvalue weighted by atomic mass is 16.3. The van der Waals surface area contributed by atoms with E-state index < -0.39 is 0 Å². The lowest BCUT2D eigenvalue weighted by Crippen LogP contribution is -1.73. The fraction of sp³-hybridized carbons (Fsp3) is 0. The maximum atomic E-state index is 9.56. The van der Waals surface area contributed by atoms with Gasteiger partial charge in [-0.15, -0.1) is 0 Å². The minimum atomic E-state index is 0.254. The summed E-state index contributed by atoms with van der Waals surface area (Å²) in [4.78, 5) is 0. The number of rotatable bonds is 3.